The number of carbonyl (C=O) groups is 1. The van der Waals surface area contributed by atoms with Crippen molar-refractivity contribution in [3.8, 4) is 0 Å². The Balaban J connectivity index is 1.71. The number of aromatic nitrogens is 2. The van der Waals surface area contributed by atoms with Gasteiger partial charge in [-0.1, -0.05) is 12.1 Å². The molecule has 1 amide bonds. The molecule has 14 heteroatoms. The molecule has 1 aliphatic heterocycles. The van der Waals surface area contributed by atoms with Crippen molar-refractivity contribution in [1.29, 1.82) is 0 Å². The van der Waals surface area contributed by atoms with Gasteiger partial charge < -0.3 is 15.1 Å². The minimum atomic E-state index is -4.75. The molecule has 0 aliphatic carbocycles. The zero-order valence-corrected chi connectivity index (χ0v) is 19.2. The van der Waals surface area contributed by atoms with Crippen LogP contribution in [-0.4, -0.2) is 21.9 Å². The van der Waals surface area contributed by atoms with Crippen molar-refractivity contribution in [2.45, 2.75) is 30.9 Å². The summed E-state index contributed by atoms with van der Waals surface area (Å²) in [4.78, 5) is 12.7. The van der Waals surface area contributed by atoms with E-state index in [1.807, 2.05) is 0 Å². The molecule has 4 rings (SSSR count). The number of halogens is 8. The number of alkyl halides is 6. The number of fused-ring (bicyclic) bond motifs is 1. The summed E-state index contributed by atoms with van der Waals surface area (Å²) < 4.78 is 87.3. The zero-order chi connectivity index (χ0) is 24.1. The Labute approximate surface area is 198 Å². The highest BCUT2D eigenvalue weighted by molar-refractivity contribution is 9.10. The molecule has 0 bridgehead atoms. The van der Waals surface area contributed by atoms with Gasteiger partial charge in [0.2, 0.25) is 0 Å². The van der Waals surface area contributed by atoms with Crippen LogP contribution in [0.25, 0.3) is 0 Å². The zero-order valence-electron chi connectivity index (χ0n) is 16.1. The van der Waals surface area contributed by atoms with Crippen molar-refractivity contribution in [3.63, 3.8) is 0 Å². The second-order valence-corrected chi connectivity index (χ2v) is 8.66. The number of amides is 1. The number of hydrogen-bond donors (Lipinski definition) is 2. The quantitative estimate of drug-likeness (QED) is 0.319. The van der Waals surface area contributed by atoms with Gasteiger partial charge in [-0.15, -0.1) is 0 Å². The number of carbonyl (C=O) groups excluding carboxylic acids is 1. The van der Waals surface area contributed by atoms with Crippen LogP contribution in [0.3, 0.4) is 0 Å². The standard InChI is InChI=1S/C19H12Br2F6N4O2/c20-13-6-5-11(33-13)10-7-12(19(25,26)27)31-16(28-10)14(21)15(30-31)17(32)29-9-4-2-1-3-8(9)18(22,23)24/h1-6,10,12,28H,7H2,(H,29,32)/t10-,12-/m0/s1. The lowest BCUT2D eigenvalue weighted by Gasteiger charge is -2.32. The van der Waals surface area contributed by atoms with E-state index < -0.39 is 53.7 Å². The van der Waals surface area contributed by atoms with Crippen molar-refractivity contribution in [2.75, 3.05) is 10.6 Å². The van der Waals surface area contributed by atoms with E-state index in [0.29, 0.717) is 9.35 Å². The van der Waals surface area contributed by atoms with Crippen LogP contribution in [0.2, 0.25) is 0 Å². The van der Waals surface area contributed by atoms with Crippen LogP contribution in [0.4, 0.5) is 37.8 Å². The van der Waals surface area contributed by atoms with Gasteiger partial charge in [0.1, 0.15) is 11.6 Å². The molecule has 0 saturated heterocycles. The van der Waals surface area contributed by atoms with Gasteiger partial charge in [-0.2, -0.15) is 31.4 Å². The summed E-state index contributed by atoms with van der Waals surface area (Å²) in [5.74, 6) is -1.04. The van der Waals surface area contributed by atoms with Gasteiger partial charge in [0.05, 0.1) is 21.8 Å². The third-order valence-electron chi connectivity index (χ3n) is 4.93. The van der Waals surface area contributed by atoms with Gasteiger partial charge in [0.15, 0.2) is 16.4 Å². The predicted octanol–water partition coefficient (Wildman–Crippen LogP) is 6.93. The van der Waals surface area contributed by atoms with Crippen LogP contribution in [-0.2, 0) is 6.18 Å². The molecular weight excluding hydrogens is 590 g/mol. The number of hydrogen-bond acceptors (Lipinski definition) is 4. The van der Waals surface area contributed by atoms with E-state index >= 15 is 0 Å². The van der Waals surface area contributed by atoms with Gasteiger partial charge in [0.25, 0.3) is 5.91 Å². The lowest BCUT2D eigenvalue weighted by molar-refractivity contribution is -0.174. The van der Waals surface area contributed by atoms with Gasteiger partial charge in [-0.05, 0) is 56.1 Å². The molecule has 3 aromatic rings. The number of furan rings is 1. The third kappa shape index (κ3) is 4.63. The number of anilines is 2. The molecule has 6 nitrogen and oxygen atoms in total. The monoisotopic (exact) mass is 600 g/mol. The van der Waals surface area contributed by atoms with Gasteiger partial charge in [0, 0.05) is 6.42 Å². The molecule has 0 fully saturated rings. The van der Waals surface area contributed by atoms with Gasteiger partial charge in [-0.3, -0.25) is 4.79 Å². The molecule has 2 aromatic heterocycles. The summed E-state index contributed by atoms with van der Waals surface area (Å²) in [7, 11) is 0. The molecule has 3 heterocycles. The molecule has 0 saturated carbocycles. The molecule has 2 N–H and O–H groups in total. The topological polar surface area (TPSA) is 72.1 Å². The van der Waals surface area contributed by atoms with E-state index in [9.17, 15) is 31.1 Å². The van der Waals surface area contributed by atoms with Crippen molar-refractivity contribution in [3.05, 3.63) is 62.6 Å². The summed E-state index contributed by atoms with van der Waals surface area (Å²) in [6.07, 6.45) is -9.95. The summed E-state index contributed by atoms with van der Waals surface area (Å²) in [6.45, 7) is 0. The van der Waals surface area contributed by atoms with E-state index in [1.54, 1.807) is 0 Å². The smallest absolute Gasteiger partial charge is 0.418 e. The molecular formula is C19H12Br2F6N4O2. The summed E-state index contributed by atoms with van der Waals surface area (Å²) in [5.41, 5.74) is -2.16. The number of benzene rings is 1. The summed E-state index contributed by atoms with van der Waals surface area (Å²) >= 11 is 6.17. The predicted molar refractivity (Wildman–Crippen MR) is 112 cm³/mol. The third-order valence-corrected chi connectivity index (χ3v) is 6.11. The van der Waals surface area contributed by atoms with E-state index in [-0.39, 0.29) is 16.1 Å². The van der Waals surface area contributed by atoms with Crippen molar-refractivity contribution in [1.82, 2.24) is 9.78 Å². The Morgan fingerprint density at radius 1 is 1.12 bits per heavy atom. The van der Waals surface area contributed by atoms with E-state index in [1.165, 1.54) is 18.2 Å². The Hall–Kier alpha value is -2.48. The molecule has 1 aromatic carbocycles. The van der Waals surface area contributed by atoms with E-state index in [2.05, 4.69) is 47.6 Å². The maximum absolute atomic E-state index is 13.8. The number of nitrogens with zero attached hydrogens (tertiary/aromatic N) is 2. The second kappa shape index (κ2) is 8.38. The minimum Gasteiger partial charge on any atom is -0.452 e. The molecule has 33 heavy (non-hydrogen) atoms. The summed E-state index contributed by atoms with van der Waals surface area (Å²) in [6, 6.07) is 4.25. The molecule has 0 radical (unpaired) electrons. The van der Waals surface area contributed by atoms with Gasteiger partial charge in [-0.25, -0.2) is 4.68 Å². The number of nitrogens with one attached hydrogen (secondary N) is 2. The molecule has 0 unspecified atom stereocenters. The molecule has 0 spiro atoms. The average Bonchev–Trinajstić information content (AvgIpc) is 3.30. The lowest BCUT2D eigenvalue weighted by atomic mass is 10.0. The fourth-order valence-corrected chi connectivity index (χ4v) is 4.33. The highest BCUT2D eigenvalue weighted by Crippen LogP contribution is 2.47. The lowest BCUT2D eigenvalue weighted by Crippen LogP contribution is -2.35. The van der Waals surface area contributed by atoms with E-state index in [0.717, 1.165) is 18.2 Å². The first-order valence-electron chi connectivity index (χ1n) is 9.20. The maximum atomic E-state index is 13.8. The average molecular weight is 602 g/mol. The first-order valence-corrected chi connectivity index (χ1v) is 10.8. The highest BCUT2D eigenvalue weighted by atomic mass is 79.9. The van der Waals surface area contributed by atoms with Crippen LogP contribution in [0.5, 0.6) is 0 Å². The summed E-state index contributed by atoms with van der Waals surface area (Å²) in [5, 5.41) is 8.71. The first-order chi connectivity index (χ1) is 15.4. The number of para-hydroxylation sites is 1. The van der Waals surface area contributed by atoms with E-state index in [4.69, 9.17) is 4.42 Å². The first kappa shape index (κ1) is 23.7. The number of rotatable bonds is 3. The van der Waals surface area contributed by atoms with Crippen LogP contribution >= 0.6 is 31.9 Å². The maximum Gasteiger partial charge on any atom is 0.418 e. The van der Waals surface area contributed by atoms with Crippen molar-refractivity contribution < 1.29 is 35.6 Å². The molecule has 2 atom stereocenters. The Kier molecular flexibility index (Phi) is 6.01. The Morgan fingerprint density at radius 3 is 2.42 bits per heavy atom. The Morgan fingerprint density at radius 2 is 1.82 bits per heavy atom. The van der Waals surface area contributed by atoms with Crippen LogP contribution in [0, 0.1) is 0 Å². The van der Waals surface area contributed by atoms with Crippen LogP contribution in [0.1, 0.15) is 40.3 Å². The fraction of sp³-hybridized carbons (Fsp3) is 0.263. The molecule has 176 valence electrons. The van der Waals surface area contributed by atoms with Crippen LogP contribution < -0.4 is 10.6 Å². The van der Waals surface area contributed by atoms with Gasteiger partial charge >= 0.3 is 12.4 Å². The van der Waals surface area contributed by atoms with Crippen molar-refractivity contribution >= 4 is 49.3 Å². The Bertz CT molecular complexity index is 1200. The normalized spacial score (nSPS) is 18.5. The minimum absolute atomic E-state index is 0.130. The fourth-order valence-electron chi connectivity index (χ4n) is 3.46. The SMILES string of the molecule is O=C(Nc1ccccc1C(F)(F)F)c1nn2c(c1Br)N[C@H](c1ccc(Br)o1)C[C@H]2C(F)(F)F. The van der Waals surface area contributed by atoms with Crippen molar-refractivity contribution in [2.24, 2.45) is 0 Å². The van der Waals surface area contributed by atoms with Crippen LogP contribution in [0.15, 0.2) is 50.0 Å². The molecule has 1 aliphatic rings. The highest BCUT2D eigenvalue weighted by Gasteiger charge is 2.48. The largest absolute Gasteiger partial charge is 0.452 e. The second-order valence-electron chi connectivity index (χ2n) is 7.09.